The Morgan fingerprint density at radius 2 is 1.51 bits per heavy atom. The molecule has 5 rings (SSSR count). The largest absolute Gasteiger partial charge is 0.587 e. The van der Waals surface area contributed by atoms with Gasteiger partial charge in [-0.1, -0.05) is 0 Å². The second-order valence-electron chi connectivity index (χ2n) is 9.14. The number of phosphoric acid groups is 1. The fourth-order valence-corrected chi connectivity index (χ4v) is 5.49. The lowest BCUT2D eigenvalue weighted by molar-refractivity contribution is -0.192. The van der Waals surface area contributed by atoms with Crippen molar-refractivity contribution in [2.24, 2.45) is 0 Å². The highest BCUT2D eigenvalue weighted by molar-refractivity contribution is 7.49. The third kappa shape index (κ3) is 5.63. The third-order valence-corrected chi connectivity index (χ3v) is 7.81. The molecule has 18 heteroatoms. The number of hydrogen-bond acceptors (Lipinski definition) is 12. The van der Waals surface area contributed by atoms with Gasteiger partial charge in [-0.2, -0.15) is 8.78 Å². The number of aliphatic hydroxyl groups is 1. The van der Waals surface area contributed by atoms with Crippen LogP contribution in [0.1, 0.15) is 6.23 Å². The Hall–Kier alpha value is -4.18. The maximum absolute atomic E-state index is 15.5. The molecule has 2 aromatic heterocycles. The quantitative estimate of drug-likeness (QED) is 0.180. The molecule has 0 saturated carbocycles. The molecule has 4 aromatic rings. The number of anilines is 1. The standard InChI is InChI=1S/C25H24F4N5O8P/c1-37-14-3-7-16(8-4-14)41-43(36,42-17-9-5-15(38-2)6-10-17)39-11-24(22(26)27)21(35)25(28,29)23(40-24)34-13-33-18-19(30)31-12-32-20(18)34/h3-10,12-13,21-23,35H,11H2,1-2H3,(H2,30,31,32)/t21?,23-,24-/m1/s1. The molecule has 230 valence electrons. The molecule has 2 aromatic carbocycles. The Morgan fingerprint density at radius 3 is 2.02 bits per heavy atom. The summed E-state index contributed by atoms with van der Waals surface area (Å²) in [7, 11) is -2.13. The first-order valence-corrected chi connectivity index (χ1v) is 13.8. The predicted molar refractivity (Wildman–Crippen MR) is 140 cm³/mol. The first kappa shape index (κ1) is 30.3. The van der Waals surface area contributed by atoms with E-state index in [0.717, 1.165) is 12.7 Å². The van der Waals surface area contributed by atoms with Crippen LogP contribution in [0.25, 0.3) is 11.2 Å². The van der Waals surface area contributed by atoms with E-state index < -0.39 is 44.7 Å². The second kappa shape index (κ2) is 11.5. The topological polar surface area (TPSA) is 162 Å². The number of benzene rings is 2. The van der Waals surface area contributed by atoms with E-state index in [9.17, 15) is 18.5 Å². The normalized spacial score (nSPS) is 21.7. The molecule has 43 heavy (non-hydrogen) atoms. The predicted octanol–water partition coefficient (Wildman–Crippen LogP) is 4.24. The van der Waals surface area contributed by atoms with Crippen molar-refractivity contribution in [1.29, 1.82) is 0 Å². The average molecular weight is 629 g/mol. The van der Waals surface area contributed by atoms with Crippen molar-refractivity contribution >= 4 is 24.8 Å². The van der Waals surface area contributed by atoms with Crippen LogP contribution in [0.4, 0.5) is 23.4 Å². The molecular formula is C25H24F4N5O8P. The van der Waals surface area contributed by atoms with Crippen molar-refractivity contribution in [1.82, 2.24) is 19.5 Å². The van der Waals surface area contributed by atoms with Crippen LogP contribution in [0.3, 0.4) is 0 Å². The van der Waals surface area contributed by atoms with E-state index >= 15 is 8.78 Å². The number of aliphatic hydroxyl groups excluding tert-OH is 1. The van der Waals surface area contributed by atoms with E-state index in [-0.39, 0.29) is 28.5 Å². The molecule has 0 spiro atoms. The van der Waals surface area contributed by atoms with Crippen LogP contribution in [0.15, 0.2) is 61.2 Å². The summed E-state index contributed by atoms with van der Waals surface area (Å²) in [6.45, 7) is -1.56. The average Bonchev–Trinajstić information content (AvgIpc) is 3.50. The molecule has 3 atom stereocenters. The number of aromatic nitrogens is 4. The summed E-state index contributed by atoms with van der Waals surface area (Å²) >= 11 is 0. The maximum atomic E-state index is 15.5. The van der Waals surface area contributed by atoms with E-state index in [1.807, 2.05) is 0 Å². The van der Waals surface area contributed by atoms with Crippen molar-refractivity contribution in [3.8, 4) is 23.0 Å². The van der Waals surface area contributed by atoms with E-state index in [1.54, 1.807) is 0 Å². The van der Waals surface area contributed by atoms with Gasteiger partial charge >= 0.3 is 13.7 Å². The zero-order valence-electron chi connectivity index (χ0n) is 22.3. The van der Waals surface area contributed by atoms with Crippen LogP contribution in [-0.2, 0) is 13.8 Å². The fraction of sp³-hybridized carbons (Fsp3) is 0.320. The highest BCUT2D eigenvalue weighted by Crippen LogP contribution is 2.55. The molecule has 1 unspecified atom stereocenters. The van der Waals surface area contributed by atoms with E-state index in [1.165, 1.54) is 62.8 Å². The second-order valence-corrected chi connectivity index (χ2v) is 10.7. The zero-order chi connectivity index (χ0) is 31.0. The van der Waals surface area contributed by atoms with Gasteiger partial charge in [-0.25, -0.2) is 28.3 Å². The lowest BCUT2D eigenvalue weighted by Gasteiger charge is -2.31. The van der Waals surface area contributed by atoms with Crippen LogP contribution in [0, 0.1) is 0 Å². The minimum absolute atomic E-state index is 0.104. The van der Waals surface area contributed by atoms with Gasteiger partial charge in [0.15, 0.2) is 23.2 Å². The molecule has 0 aliphatic carbocycles. The summed E-state index contributed by atoms with van der Waals surface area (Å²) in [5.41, 5.74) is 1.90. The van der Waals surface area contributed by atoms with Gasteiger partial charge in [-0.3, -0.25) is 9.09 Å². The Balaban J connectivity index is 1.47. The summed E-state index contributed by atoms with van der Waals surface area (Å²) in [6.07, 6.45) is -7.73. The number of rotatable bonds is 11. The highest BCUT2D eigenvalue weighted by atomic mass is 31.2. The summed E-state index contributed by atoms with van der Waals surface area (Å²) in [4.78, 5) is 11.4. The van der Waals surface area contributed by atoms with Crippen molar-refractivity contribution < 1.29 is 55.0 Å². The highest BCUT2D eigenvalue weighted by Gasteiger charge is 2.71. The van der Waals surface area contributed by atoms with Gasteiger partial charge < -0.3 is 34.1 Å². The van der Waals surface area contributed by atoms with E-state index in [0.29, 0.717) is 16.1 Å². The summed E-state index contributed by atoms with van der Waals surface area (Å²) < 4.78 is 106. The minimum atomic E-state index is -4.95. The minimum Gasteiger partial charge on any atom is -0.497 e. The Morgan fingerprint density at radius 1 is 0.977 bits per heavy atom. The van der Waals surface area contributed by atoms with Crippen LogP contribution < -0.4 is 24.3 Å². The van der Waals surface area contributed by atoms with Crippen LogP contribution in [0.2, 0.25) is 0 Å². The number of ether oxygens (including phenoxy) is 3. The first-order chi connectivity index (χ1) is 20.4. The van der Waals surface area contributed by atoms with Crippen molar-refractivity contribution in [2.75, 3.05) is 26.6 Å². The maximum Gasteiger partial charge on any atom is 0.587 e. The first-order valence-electron chi connectivity index (χ1n) is 12.3. The Labute approximate surface area is 240 Å². The fourth-order valence-electron chi connectivity index (χ4n) is 4.22. The number of methoxy groups -OCH3 is 2. The molecule has 3 N–H and O–H groups in total. The molecule has 1 aliphatic rings. The number of nitrogens with two attached hydrogens (primary N) is 1. The third-order valence-electron chi connectivity index (χ3n) is 6.50. The van der Waals surface area contributed by atoms with E-state index in [2.05, 4.69) is 15.0 Å². The Bertz CT molecular complexity index is 1570. The van der Waals surface area contributed by atoms with Gasteiger partial charge in [0, 0.05) is 0 Å². The van der Waals surface area contributed by atoms with Gasteiger partial charge in [-0.15, -0.1) is 0 Å². The number of fused-ring (bicyclic) bond motifs is 1. The number of hydrogen-bond donors (Lipinski definition) is 2. The van der Waals surface area contributed by atoms with Crippen molar-refractivity contribution in [2.45, 2.75) is 30.3 Å². The molecule has 3 heterocycles. The van der Waals surface area contributed by atoms with Gasteiger partial charge in [0.1, 0.15) is 34.8 Å². The van der Waals surface area contributed by atoms with Gasteiger partial charge in [0.25, 0.3) is 6.43 Å². The molecule has 1 saturated heterocycles. The molecule has 0 radical (unpaired) electrons. The number of imidazole rings is 1. The van der Waals surface area contributed by atoms with Crippen molar-refractivity contribution in [3.05, 3.63) is 61.2 Å². The zero-order valence-corrected chi connectivity index (χ0v) is 23.2. The van der Waals surface area contributed by atoms with Gasteiger partial charge in [0.05, 0.1) is 27.2 Å². The Kier molecular flexibility index (Phi) is 8.09. The monoisotopic (exact) mass is 629 g/mol. The number of nitrogens with zero attached hydrogens (tertiary/aromatic N) is 4. The molecule has 1 aliphatic heterocycles. The smallest absolute Gasteiger partial charge is 0.497 e. The molecule has 13 nitrogen and oxygen atoms in total. The van der Waals surface area contributed by atoms with Crippen LogP contribution in [-0.4, -0.2) is 69.5 Å². The lowest BCUT2D eigenvalue weighted by Crippen LogP contribution is -2.54. The molecule has 0 amide bonds. The van der Waals surface area contributed by atoms with Crippen LogP contribution in [0.5, 0.6) is 23.0 Å². The number of alkyl halides is 4. The number of nitrogen functional groups attached to an aromatic ring is 1. The van der Waals surface area contributed by atoms with Gasteiger partial charge in [0.2, 0.25) is 6.23 Å². The summed E-state index contributed by atoms with van der Waals surface area (Å²) in [5.74, 6) is -3.92. The lowest BCUT2D eigenvalue weighted by atomic mass is 9.96. The molecule has 0 bridgehead atoms. The van der Waals surface area contributed by atoms with Crippen molar-refractivity contribution in [3.63, 3.8) is 0 Å². The molecule has 1 fully saturated rings. The number of halogens is 4. The van der Waals surface area contributed by atoms with Crippen LogP contribution >= 0.6 is 7.82 Å². The van der Waals surface area contributed by atoms with E-state index in [4.69, 9.17) is 33.5 Å². The molecular weight excluding hydrogens is 605 g/mol. The number of phosphoric ester groups is 1. The van der Waals surface area contributed by atoms with Gasteiger partial charge in [-0.05, 0) is 48.5 Å². The summed E-state index contributed by atoms with van der Waals surface area (Å²) in [5, 5.41) is 10.6. The SMILES string of the molecule is COc1ccc(OP(=O)(OC[C@@]2(C(F)F)O[C@@H](n3cnc4c(N)ncnc43)C(F)(F)C2O)Oc2ccc(OC)cc2)cc1. The summed E-state index contributed by atoms with van der Waals surface area (Å²) in [6, 6.07) is 11.0.